The Balaban J connectivity index is 2.20. The van der Waals surface area contributed by atoms with Crippen LogP contribution in [0.25, 0.3) is 0 Å². The Hall–Kier alpha value is -1.09. The van der Waals surface area contributed by atoms with E-state index in [1.54, 1.807) is 7.11 Å². The number of hydrogen-bond acceptors (Lipinski definition) is 3. The number of rotatable bonds is 3. The molecule has 1 unspecified atom stereocenters. The normalized spacial score (nSPS) is 20.1. The Morgan fingerprint density at radius 3 is 2.94 bits per heavy atom. The zero-order chi connectivity index (χ0) is 11.5. The molecular weight excluding hydrogens is 200 g/mol. The first-order valence-corrected chi connectivity index (χ1v) is 5.95. The van der Waals surface area contributed by atoms with Crippen LogP contribution in [0.5, 0.6) is 5.75 Å². The van der Waals surface area contributed by atoms with Gasteiger partial charge in [0.15, 0.2) is 0 Å². The van der Waals surface area contributed by atoms with Gasteiger partial charge in [0, 0.05) is 35.5 Å². The topological polar surface area (TPSA) is 34.1 Å². The minimum atomic E-state index is 0.596. The molecule has 16 heavy (non-hydrogen) atoms. The second kappa shape index (κ2) is 4.83. The van der Waals surface area contributed by atoms with E-state index in [1.807, 2.05) is 13.1 Å². The lowest BCUT2D eigenvalue weighted by Crippen LogP contribution is -2.24. The smallest absolute Gasteiger partial charge is 0.128 e. The third-order valence-electron chi connectivity index (χ3n) is 3.35. The van der Waals surface area contributed by atoms with Crippen LogP contribution in [0.2, 0.25) is 0 Å². The van der Waals surface area contributed by atoms with Crippen molar-refractivity contribution in [1.29, 1.82) is 0 Å². The first kappa shape index (κ1) is 11.4. The molecule has 0 saturated carbocycles. The summed E-state index contributed by atoms with van der Waals surface area (Å²) in [4.78, 5) is 4.53. The lowest BCUT2D eigenvalue weighted by atomic mass is 10.0. The second-order valence-electron chi connectivity index (χ2n) is 4.54. The Kier molecular flexibility index (Phi) is 3.44. The van der Waals surface area contributed by atoms with Gasteiger partial charge in [-0.15, -0.1) is 0 Å². The molecule has 2 heterocycles. The number of nitrogens with zero attached hydrogens (tertiary/aromatic N) is 1. The third kappa shape index (κ3) is 2.19. The monoisotopic (exact) mass is 220 g/mol. The number of aryl methyl sites for hydroxylation is 1. The van der Waals surface area contributed by atoms with Crippen LogP contribution in [-0.4, -0.2) is 24.7 Å². The quantitative estimate of drug-likeness (QED) is 0.846. The number of ether oxygens (including phenoxy) is 1. The van der Waals surface area contributed by atoms with Gasteiger partial charge in [-0.2, -0.15) is 0 Å². The fourth-order valence-corrected chi connectivity index (χ4v) is 2.44. The Bertz CT molecular complexity index is 370. The van der Waals surface area contributed by atoms with Crippen molar-refractivity contribution >= 4 is 0 Å². The number of hydrogen-bond donors (Lipinski definition) is 1. The average molecular weight is 220 g/mol. The van der Waals surface area contributed by atoms with Crippen LogP contribution in [0, 0.1) is 13.8 Å². The summed E-state index contributed by atoms with van der Waals surface area (Å²) in [6.45, 7) is 5.28. The lowest BCUT2D eigenvalue weighted by Gasteiger charge is -2.15. The molecule has 0 bridgehead atoms. The van der Waals surface area contributed by atoms with E-state index >= 15 is 0 Å². The van der Waals surface area contributed by atoms with Crippen LogP contribution in [-0.2, 0) is 6.42 Å². The molecule has 1 aromatic heterocycles. The Morgan fingerprint density at radius 1 is 1.50 bits per heavy atom. The molecule has 88 valence electrons. The van der Waals surface area contributed by atoms with Gasteiger partial charge in [-0.3, -0.25) is 4.98 Å². The summed E-state index contributed by atoms with van der Waals surface area (Å²) in [5, 5.41) is 3.50. The lowest BCUT2D eigenvalue weighted by molar-refractivity contribution is 0.406. The summed E-state index contributed by atoms with van der Waals surface area (Å²) in [6, 6.07) is 0.596. The number of aromatic nitrogens is 1. The average Bonchev–Trinajstić information content (AvgIpc) is 2.76. The molecule has 1 fully saturated rings. The van der Waals surface area contributed by atoms with Crippen LogP contribution in [0.1, 0.15) is 29.7 Å². The number of methoxy groups -OCH3 is 1. The maximum atomic E-state index is 5.42. The number of nitrogens with one attached hydrogen (secondary N) is 1. The van der Waals surface area contributed by atoms with Crippen LogP contribution in [0.4, 0.5) is 0 Å². The van der Waals surface area contributed by atoms with Crippen molar-refractivity contribution in [2.45, 2.75) is 39.2 Å². The Morgan fingerprint density at radius 2 is 2.31 bits per heavy atom. The van der Waals surface area contributed by atoms with Gasteiger partial charge in [0.2, 0.25) is 0 Å². The van der Waals surface area contributed by atoms with E-state index in [-0.39, 0.29) is 0 Å². The van der Waals surface area contributed by atoms with Gasteiger partial charge in [-0.25, -0.2) is 0 Å². The van der Waals surface area contributed by atoms with E-state index in [1.165, 1.54) is 24.1 Å². The first-order chi connectivity index (χ1) is 7.72. The van der Waals surface area contributed by atoms with Crippen molar-refractivity contribution in [1.82, 2.24) is 10.3 Å². The van der Waals surface area contributed by atoms with E-state index in [0.717, 1.165) is 24.3 Å². The maximum Gasteiger partial charge on any atom is 0.128 e. The summed E-state index contributed by atoms with van der Waals surface area (Å²) >= 11 is 0. The van der Waals surface area contributed by atoms with Crippen molar-refractivity contribution < 1.29 is 4.74 Å². The molecule has 0 aliphatic carbocycles. The van der Waals surface area contributed by atoms with Crippen LogP contribution in [0.3, 0.4) is 0 Å². The fraction of sp³-hybridized carbons (Fsp3) is 0.615. The first-order valence-electron chi connectivity index (χ1n) is 5.95. The predicted octanol–water partition coefficient (Wildman–Crippen LogP) is 2.00. The molecule has 2 rings (SSSR count). The molecule has 3 nitrogen and oxygen atoms in total. The summed E-state index contributed by atoms with van der Waals surface area (Å²) in [7, 11) is 1.73. The number of pyridine rings is 1. The summed E-state index contributed by atoms with van der Waals surface area (Å²) in [5.41, 5.74) is 3.47. The van der Waals surface area contributed by atoms with E-state index in [0.29, 0.717) is 6.04 Å². The molecule has 0 aromatic carbocycles. The largest absolute Gasteiger partial charge is 0.496 e. The van der Waals surface area contributed by atoms with Gasteiger partial charge < -0.3 is 10.1 Å². The molecule has 1 saturated heterocycles. The molecule has 1 N–H and O–H groups in total. The van der Waals surface area contributed by atoms with Gasteiger partial charge >= 0.3 is 0 Å². The fourth-order valence-electron chi connectivity index (χ4n) is 2.44. The highest BCUT2D eigenvalue weighted by Crippen LogP contribution is 2.25. The van der Waals surface area contributed by atoms with Crippen molar-refractivity contribution in [3.8, 4) is 5.75 Å². The van der Waals surface area contributed by atoms with E-state index in [2.05, 4.69) is 17.2 Å². The highest BCUT2D eigenvalue weighted by atomic mass is 16.5. The summed E-state index contributed by atoms with van der Waals surface area (Å²) in [5.74, 6) is 0.989. The molecular formula is C13H20N2O. The molecule has 1 aromatic rings. The SMILES string of the molecule is COc1c(C)cnc(CC2CCCN2)c1C. The highest BCUT2D eigenvalue weighted by Gasteiger charge is 2.17. The Labute approximate surface area is 97.2 Å². The third-order valence-corrected chi connectivity index (χ3v) is 3.35. The van der Waals surface area contributed by atoms with E-state index < -0.39 is 0 Å². The molecule has 1 aliphatic rings. The van der Waals surface area contributed by atoms with Crippen molar-refractivity contribution in [2.75, 3.05) is 13.7 Å². The van der Waals surface area contributed by atoms with Gasteiger partial charge in [0.25, 0.3) is 0 Å². The van der Waals surface area contributed by atoms with Crippen LogP contribution >= 0.6 is 0 Å². The zero-order valence-corrected chi connectivity index (χ0v) is 10.3. The zero-order valence-electron chi connectivity index (χ0n) is 10.3. The van der Waals surface area contributed by atoms with E-state index in [9.17, 15) is 0 Å². The molecule has 1 aliphatic heterocycles. The van der Waals surface area contributed by atoms with Gasteiger partial charge in [0.05, 0.1) is 7.11 Å². The highest BCUT2D eigenvalue weighted by molar-refractivity contribution is 5.41. The standard InChI is InChI=1S/C13H20N2O/c1-9-8-15-12(10(2)13(9)16-3)7-11-5-4-6-14-11/h8,11,14H,4-7H2,1-3H3. The molecule has 1 atom stereocenters. The van der Waals surface area contributed by atoms with Gasteiger partial charge in [0.1, 0.15) is 5.75 Å². The van der Waals surface area contributed by atoms with E-state index in [4.69, 9.17) is 4.74 Å². The van der Waals surface area contributed by atoms with Crippen molar-refractivity contribution in [3.63, 3.8) is 0 Å². The van der Waals surface area contributed by atoms with Gasteiger partial charge in [-0.05, 0) is 33.2 Å². The van der Waals surface area contributed by atoms with Crippen molar-refractivity contribution in [2.24, 2.45) is 0 Å². The summed E-state index contributed by atoms with van der Waals surface area (Å²) < 4.78 is 5.42. The van der Waals surface area contributed by atoms with Gasteiger partial charge in [-0.1, -0.05) is 0 Å². The second-order valence-corrected chi connectivity index (χ2v) is 4.54. The maximum absolute atomic E-state index is 5.42. The minimum Gasteiger partial charge on any atom is -0.496 e. The predicted molar refractivity (Wildman–Crippen MR) is 65.0 cm³/mol. The molecule has 0 amide bonds. The van der Waals surface area contributed by atoms with Crippen LogP contribution in [0.15, 0.2) is 6.20 Å². The molecule has 0 spiro atoms. The van der Waals surface area contributed by atoms with Crippen molar-refractivity contribution in [3.05, 3.63) is 23.0 Å². The van der Waals surface area contributed by atoms with Crippen LogP contribution < -0.4 is 10.1 Å². The molecule has 3 heteroatoms. The summed E-state index contributed by atoms with van der Waals surface area (Å²) in [6.07, 6.45) is 5.47. The molecule has 0 radical (unpaired) electrons. The minimum absolute atomic E-state index is 0.596.